The molecule has 2 heterocycles. The molecular formula is C19H23NO2S. The first-order chi connectivity index (χ1) is 11.1. The first kappa shape index (κ1) is 16.1. The lowest BCUT2D eigenvalue weighted by Crippen LogP contribution is -2.41. The Hall–Kier alpha value is -1.81. The van der Waals surface area contributed by atoms with Crippen molar-refractivity contribution in [3.63, 3.8) is 0 Å². The van der Waals surface area contributed by atoms with Gasteiger partial charge in [-0.25, -0.2) is 0 Å². The Kier molecular flexibility index (Phi) is 4.71. The van der Waals surface area contributed by atoms with Crippen LogP contribution in [-0.4, -0.2) is 24.0 Å². The third-order valence-corrected chi connectivity index (χ3v) is 5.48. The molecule has 1 aromatic carbocycles. The van der Waals surface area contributed by atoms with Crippen LogP contribution in [0.25, 0.3) is 0 Å². The first-order valence-electron chi connectivity index (χ1n) is 8.16. The second kappa shape index (κ2) is 6.75. The monoisotopic (exact) mass is 329 g/mol. The quantitative estimate of drug-likeness (QED) is 0.838. The Bertz CT molecular complexity index is 707. The van der Waals surface area contributed by atoms with Gasteiger partial charge in [-0.3, -0.25) is 4.79 Å². The molecule has 0 fully saturated rings. The topological polar surface area (TPSA) is 29.5 Å². The molecule has 0 saturated carbocycles. The highest BCUT2D eigenvalue weighted by atomic mass is 32.1. The van der Waals surface area contributed by atoms with Gasteiger partial charge in [-0.1, -0.05) is 24.6 Å². The average molecular weight is 329 g/mol. The van der Waals surface area contributed by atoms with E-state index in [1.165, 1.54) is 16.0 Å². The molecule has 23 heavy (non-hydrogen) atoms. The fraction of sp³-hybridized carbons (Fsp3) is 0.421. The maximum atomic E-state index is 12.7. The molecule has 1 aliphatic heterocycles. The van der Waals surface area contributed by atoms with Crippen LogP contribution in [0.2, 0.25) is 0 Å². The fourth-order valence-electron chi connectivity index (χ4n) is 3.32. The second-order valence-corrected chi connectivity index (χ2v) is 7.12. The fourth-order valence-corrected chi connectivity index (χ4v) is 4.25. The Morgan fingerprint density at radius 1 is 1.35 bits per heavy atom. The van der Waals surface area contributed by atoms with E-state index in [2.05, 4.69) is 31.4 Å². The molecule has 0 saturated heterocycles. The van der Waals surface area contributed by atoms with Crippen molar-refractivity contribution in [2.45, 2.75) is 39.7 Å². The van der Waals surface area contributed by atoms with E-state index in [4.69, 9.17) is 4.74 Å². The minimum atomic E-state index is 0.0775. The number of amides is 1. The van der Waals surface area contributed by atoms with Crippen molar-refractivity contribution < 1.29 is 9.53 Å². The molecule has 0 bridgehead atoms. The number of hydrogen-bond acceptors (Lipinski definition) is 3. The van der Waals surface area contributed by atoms with Crippen LogP contribution in [0.15, 0.2) is 29.6 Å². The number of hydrogen-bond donors (Lipinski definition) is 0. The summed E-state index contributed by atoms with van der Waals surface area (Å²) in [5.74, 6) is 0.874. The van der Waals surface area contributed by atoms with Gasteiger partial charge in [-0.05, 0) is 55.3 Å². The van der Waals surface area contributed by atoms with Gasteiger partial charge in [0.05, 0.1) is 6.04 Å². The van der Waals surface area contributed by atoms with E-state index < -0.39 is 0 Å². The lowest BCUT2D eigenvalue weighted by atomic mass is 9.98. The van der Waals surface area contributed by atoms with E-state index in [-0.39, 0.29) is 18.6 Å². The largest absolute Gasteiger partial charge is 0.483 e. The highest BCUT2D eigenvalue weighted by Crippen LogP contribution is 2.35. The zero-order valence-electron chi connectivity index (χ0n) is 14.0. The van der Waals surface area contributed by atoms with E-state index in [0.717, 1.165) is 30.7 Å². The number of aryl methyl sites for hydroxylation is 2. The van der Waals surface area contributed by atoms with Crippen LogP contribution in [0.3, 0.4) is 0 Å². The smallest absolute Gasteiger partial charge is 0.261 e. The molecule has 1 unspecified atom stereocenters. The minimum absolute atomic E-state index is 0.0775. The Labute approximate surface area is 141 Å². The van der Waals surface area contributed by atoms with E-state index in [1.54, 1.807) is 11.3 Å². The molecule has 3 rings (SSSR count). The molecular weight excluding hydrogens is 306 g/mol. The van der Waals surface area contributed by atoms with Gasteiger partial charge in [-0.15, -0.1) is 11.3 Å². The van der Waals surface area contributed by atoms with Crippen molar-refractivity contribution >= 4 is 17.2 Å². The van der Waals surface area contributed by atoms with Gasteiger partial charge in [0.2, 0.25) is 0 Å². The molecule has 1 amide bonds. The van der Waals surface area contributed by atoms with Gasteiger partial charge in [0.1, 0.15) is 5.75 Å². The van der Waals surface area contributed by atoms with Gasteiger partial charge in [0, 0.05) is 11.4 Å². The third-order valence-electron chi connectivity index (χ3n) is 4.48. The van der Waals surface area contributed by atoms with Crippen molar-refractivity contribution in [1.82, 2.24) is 4.90 Å². The summed E-state index contributed by atoms with van der Waals surface area (Å²) in [5, 5.41) is 2.13. The van der Waals surface area contributed by atoms with Gasteiger partial charge in [-0.2, -0.15) is 0 Å². The van der Waals surface area contributed by atoms with Crippen LogP contribution >= 0.6 is 11.3 Å². The van der Waals surface area contributed by atoms with E-state index in [9.17, 15) is 4.79 Å². The molecule has 122 valence electrons. The molecule has 1 aliphatic rings. The van der Waals surface area contributed by atoms with Crippen molar-refractivity contribution in [3.05, 3.63) is 51.2 Å². The lowest BCUT2D eigenvalue weighted by molar-refractivity contribution is -0.136. The maximum absolute atomic E-state index is 12.7. The number of nitrogens with zero attached hydrogens (tertiary/aromatic N) is 1. The standard InChI is InChI=1S/C19H23NO2S/c1-4-16-15-8-10-23-18(15)7-9-20(16)19(21)12-22-17-6-5-13(2)11-14(17)3/h5-6,8,10-11,16H,4,7,9,12H2,1-3H3. The average Bonchev–Trinajstić information content (AvgIpc) is 3.01. The number of benzene rings is 1. The summed E-state index contributed by atoms with van der Waals surface area (Å²) in [6.07, 6.45) is 1.90. The van der Waals surface area contributed by atoms with Crippen LogP contribution in [0.5, 0.6) is 5.75 Å². The van der Waals surface area contributed by atoms with Crippen LogP contribution < -0.4 is 4.74 Å². The summed E-state index contributed by atoms with van der Waals surface area (Å²) in [4.78, 5) is 16.1. The molecule has 0 aliphatic carbocycles. The molecule has 4 heteroatoms. The predicted molar refractivity (Wildman–Crippen MR) is 94.2 cm³/mol. The zero-order valence-corrected chi connectivity index (χ0v) is 14.8. The molecule has 0 spiro atoms. The van der Waals surface area contributed by atoms with Crippen LogP contribution in [0, 0.1) is 13.8 Å². The number of fused-ring (bicyclic) bond motifs is 1. The Balaban J connectivity index is 1.68. The summed E-state index contributed by atoms with van der Waals surface area (Å²) in [6, 6.07) is 8.40. The summed E-state index contributed by atoms with van der Waals surface area (Å²) in [5.41, 5.74) is 3.60. The highest BCUT2D eigenvalue weighted by Gasteiger charge is 2.30. The normalized spacial score (nSPS) is 17.0. The molecule has 0 N–H and O–H groups in total. The van der Waals surface area contributed by atoms with Crippen molar-refractivity contribution in [2.24, 2.45) is 0 Å². The van der Waals surface area contributed by atoms with Crippen LogP contribution in [0.1, 0.15) is 41.0 Å². The van der Waals surface area contributed by atoms with E-state index >= 15 is 0 Å². The maximum Gasteiger partial charge on any atom is 0.261 e. The van der Waals surface area contributed by atoms with Gasteiger partial charge in [0.25, 0.3) is 5.91 Å². The molecule has 1 atom stereocenters. The van der Waals surface area contributed by atoms with Crippen molar-refractivity contribution in [2.75, 3.05) is 13.2 Å². The number of thiophene rings is 1. The molecule has 1 aromatic heterocycles. The summed E-state index contributed by atoms with van der Waals surface area (Å²) in [7, 11) is 0. The number of ether oxygens (including phenoxy) is 1. The highest BCUT2D eigenvalue weighted by molar-refractivity contribution is 7.10. The lowest BCUT2D eigenvalue weighted by Gasteiger charge is -2.35. The number of carbonyl (C=O) groups excluding carboxylic acids is 1. The van der Waals surface area contributed by atoms with Gasteiger partial charge < -0.3 is 9.64 Å². The van der Waals surface area contributed by atoms with Crippen molar-refractivity contribution in [3.8, 4) is 5.75 Å². The number of carbonyl (C=O) groups is 1. The molecule has 3 nitrogen and oxygen atoms in total. The SMILES string of the molecule is CCC1c2ccsc2CCN1C(=O)COc1ccc(C)cc1C. The molecule has 2 aromatic rings. The van der Waals surface area contributed by atoms with Crippen molar-refractivity contribution in [1.29, 1.82) is 0 Å². The summed E-state index contributed by atoms with van der Waals surface area (Å²) in [6.45, 7) is 7.11. The Morgan fingerprint density at radius 2 is 2.17 bits per heavy atom. The van der Waals surface area contributed by atoms with E-state index in [1.807, 2.05) is 24.0 Å². The summed E-state index contributed by atoms with van der Waals surface area (Å²) >= 11 is 1.80. The zero-order chi connectivity index (χ0) is 16.4. The third kappa shape index (κ3) is 3.27. The summed E-state index contributed by atoms with van der Waals surface area (Å²) < 4.78 is 5.78. The number of rotatable bonds is 4. The van der Waals surface area contributed by atoms with Crippen LogP contribution in [0.4, 0.5) is 0 Å². The van der Waals surface area contributed by atoms with Crippen LogP contribution in [-0.2, 0) is 11.2 Å². The minimum Gasteiger partial charge on any atom is -0.483 e. The van der Waals surface area contributed by atoms with Gasteiger partial charge in [0.15, 0.2) is 6.61 Å². The van der Waals surface area contributed by atoms with E-state index in [0.29, 0.717) is 0 Å². The first-order valence-corrected chi connectivity index (χ1v) is 9.04. The second-order valence-electron chi connectivity index (χ2n) is 6.12. The van der Waals surface area contributed by atoms with Gasteiger partial charge >= 0.3 is 0 Å². The Morgan fingerprint density at radius 3 is 2.91 bits per heavy atom. The molecule has 0 radical (unpaired) electrons. The predicted octanol–water partition coefficient (Wildman–Crippen LogP) is 4.28.